The minimum absolute atomic E-state index is 0.0805. The van der Waals surface area contributed by atoms with Gasteiger partial charge in [0.25, 0.3) is 0 Å². The molecule has 6 nitrogen and oxygen atoms in total. The minimum Gasteiger partial charge on any atom is -0.462 e. The van der Waals surface area contributed by atoms with E-state index in [9.17, 15) is 14.4 Å². The summed E-state index contributed by atoms with van der Waals surface area (Å²) >= 11 is 0. The maximum atomic E-state index is 12.8. The highest BCUT2D eigenvalue weighted by Crippen LogP contribution is 2.17. The van der Waals surface area contributed by atoms with Crippen LogP contribution < -0.4 is 0 Å². The number of hydrogen-bond donors (Lipinski definition) is 0. The highest BCUT2D eigenvalue weighted by Gasteiger charge is 2.19. The van der Waals surface area contributed by atoms with Crippen LogP contribution in [0.25, 0.3) is 0 Å². The number of allylic oxidation sites excluding steroid dienone is 18. The molecular formula is C73H124O6. The van der Waals surface area contributed by atoms with Gasteiger partial charge in [0.1, 0.15) is 13.2 Å². The molecule has 0 saturated carbocycles. The van der Waals surface area contributed by atoms with Crippen LogP contribution in [0.5, 0.6) is 0 Å². The van der Waals surface area contributed by atoms with Gasteiger partial charge in [-0.1, -0.05) is 304 Å². The van der Waals surface area contributed by atoms with Crippen molar-refractivity contribution in [3.8, 4) is 0 Å². The fourth-order valence-electron chi connectivity index (χ4n) is 9.35. The summed E-state index contributed by atoms with van der Waals surface area (Å²) in [6.45, 7) is 6.38. The van der Waals surface area contributed by atoms with Crippen LogP contribution in [-0.2, 0) is 28.6 Å². The number of carbonyl (C=O) groups excluding carboxylic acids is 3. The summed E-state index contributed by atoms with van der Waals surface area (Å²) in [6, 6.07) is 0. The molecule has 0 N–H and O–H groups in total. The smallest absolute Gasteiger partial charge is 0.306 e. The molecule has 0 aromatic heterocycles. The van der Waals surface area contributed by atoms with Gasteiger partial charge in [0.2, 0.25) is 0 Å². The zero-order valence-electron chi connectivity index (χ0n) is 51.9. The third-order valence-electron chi connectivity index (χ3n) is 14.3. The van der Waals surface area contributed by atoms with Crippen LogP contribution in [0.2, 0.25) is 0 Å². The van der Waals surface area contributed by atoms with Crippen molar-refractivity contribution in [2.45, 2.75) is 322 Å². The molecule has 0 aliphatic rings. The van der Waals surface area contributed by atoms with Gasteiger partial charge < -0.3 is 14.2 Å². The first-order valence-electron chi connectivity index (χ1n) is 33.4. The van der Waals surface area contributed by atoms with Crippen LogP contribution in [0.1, 0.15) is 316 Å². The number of carbonyl (C=O) groups is 3. The third-order valence-corrected chi connectivity index (χ3v) is 14.3. The lowest BCUT2D eigenvalue weighted by Gasteiger charge is -2.18. The van der Waals surface area contributed by atoms with E-state index in [0.29, 0.717) is 19.3 Å². The van der Waals surface area contributed by atoms with Gasteiger partial charge in [0, 0.05) is 19.3 Å². The van der Waals surface area contributed by atoms with E-state index in [1.54, 1.807) is 0 Å². The van der Waals surface area contributed by atoms with Crippen molar-refractivity contribution in [3.63, 3.8) is 0 Å². The quantitative estimate of drug-likeness (QED) is 0.0261. The summed E-state index contributed by atoms with van der Waals surface area (Å²) in [4.78, 5) is 38.1. The molecule has 0 heterocycles. The molecular weight excluding hydrogens is 973 g/mol. The molecule has 1 atom stereocenters. The summed E-state index contributed by atoms with van der Waals surface area (Å²) < 4.78 is 16.8. The summed E-state index contributed by atoms with van der Waals surface area (Å²) in [6.07, 6.45) is 91.4. The second-order valence-electron chi connectivity index (χ2n) is 22.0. The molecule has 0 bridgehead atoms. The first-order chi connectivity index (χ1) is 39.0. The van der Waals surface area contributed by atoms with Crippen molar-refractivity contribution in [1.82, 2.24) is 0 Å². The average molecular weight is 1100 g/mol. The Balaban J connectivity index is 4.02. The van der Waals surface area contributed by atoms with Crippen LogP contribution in [-0.4, -0.2) is 37.2 Å². The van der Waals surface area contributed by atoms with Gasteiger partial charge in [-0.25, -0.2) is 0 Å². The number of esters is 3. The fourth-order valence-corrected chi connectivity index (χ4v) is 9.35. The first-order valence-corrected chi connectivity index (χ1v) is 33.4. The molecule has 0 saturated heterocycles. The molecule has 0 aliphatic carbocycles. The Kier molecular flexibility index (Phi) is 63.3. The van der Waals surface area contributed by atoms with Crippen LogP contribution >= 0.6 is 0 Å². The largest absolute Gasteiger partial charge is 0.462 e. The molecule has 452 valence electrons. The predicted molar refractivity (Wildman–Crippen MR) is 343 cm³/mol. The number of ether oxygens (including phenoxy) is 3. The summed E-state index contributed by atoms with van der Waals surface area (Å²) in [7, 11) is 0. The summed E-state index contributed by atoms with van der Waals surface area (Å²) in [5.74, 6) is -0.891. The lowest BCUT2D eigenvalue weighted by Crippen LogP contribution is -2.30. The van der Waals surface area contributed by atoms with Crippen molar-refractivity contribution in [1.29, 1.82) is 0 Å². The van der Waals surface area contributed by atoms with Crippen molar-refractivity contribution < 1.29 is 28.6 Å². The van der Waals surface area contributed by atoms with E-state index in [-0.39, 0.29) is 31.1 Å². The van der Waals surface area contributed by atoms with Crippen molar-refractivity contribution in [3.05, 3.63) is 109 Å². The molecule has 0 spiro atoms. The van der Waals surface area contributed by atoms with E-state index in [2.05, 4.69) is 130 Å². The molecule has 0 aromatic rings. The van der Waals surface area contributed by atoms with Gasteiger partial charge in [0.15, 0.2) is 6.10 Å². The standard InChI is InChI=1S/C73H124O6/c1-4-7-10-13-16-18-20-22-24-26-28-29-30-31-32-33-34-35-36-37-38-39-40-41-42-43-45-46-48-50-52-54-57-60-63-66-72(75)78-69-70(68-77-71(74)65-62-59-56-15-12-9-6-3)79-73(76)67-64-61-58-55-53-51-49-47-44-27-25-23-21-19-17-14-11-8-5-2/h7-8,10-11,16-19,22-25,28-29,31-32,44,47,70H,4-6,9,12-15,20-21,26-27,30,33-43,45-46,48-69H2,1-3H3/b10-7-,11-8-,18-16-,19-17-,24-22-,25-23-,29-28-,32-31-,47-44-. The maximum Gasteiger partial charge on any atom is 0.306 e. The van der Waals surface area contributed by atoms with E-state index in [1.807, 2.05) is 0 Å². The Bertz CT molecular complexity index is 1590. The molecule has 0 aliphatic heterocycles. The lowest BCUT2D eigenvalue weighted by atomic mass is 10.0. The molecule has 0 radical (unpaired) electrons. The Hall–Kier alpha value is -3.93. The lowest BCUT2D eigenvalue weighted by molar-refractivity contribution is -0.167. The monoisotopic (exact) mass is 1100 g/mol. The highest BCUT2D eigenvalue weighted by atomic mass is 16.6. The van der Waals surface area contributed by atoms with Gasteiger partial charge in [-0.15, -0.1) is 0 Å². The Labute approximate surface area is 489 Å². The van der Waals surface area contributed by atoms with E-state index < -0.39 is 6.10 Å². The Morgan fingerprint density at radius 3 is 0.772 bits per heavy atom. The topological polar surface area (TPSA) is 78.9 Å². The van der Waals surface area contributed by atoms with Crippen molar-refractivity contribution in [2.75, 3.05) is 13.2 Å². The van der Waals surface area contributed by atoms with E-state index in [1.165, 1.54) is 148 Å². The van der Waals surface area contributed by atoms with Gasteiger partial charge >= 0.3 is 17.9 Å². The summed E-state index contributed by atoms with van der Waals surface area (Å²) in [5.41, 5.74) is 0. The fraction of sp³-hybridized carbons (Fsp3) is 0.712. The molecule has 79 heavy (non-hydrogen) atoms. The second kappa shape index (κ2) is 66.6. The normalized spacial score (nSPS) is 12.8. The molecule has 0 rings (SSSR count). The first kappa shape index (κ1) is 75.1. The molecule has 6 heteroatoms. The van der Waals surface area contributed by atoms with Gasteiger partial charge in [-0.3, -0.25) is 14.4 Å². The molecule has 0 fully saturated rings. The number of rotatable bonds is 60. The second-order valence-corrected chi connectivity index (χ2v) is 22.0. The van der Waals surface area contributed by atoms with E-state index in [0.717, 1.165) is 128 Å². The average Bonchev–Trinajstić information content (AvgIpc) is 3.45. The number of unbranched alkanes of at least 4 members (excludes halogenated alkanes) is 31. The molecule has 0 amide bonds. The maximum absolute atomic E-state index is 12.8. The van der Waals surface area contributed by atoms with E-state index in [4.69, 9.17) is 14.2 Å². The zero-order chi connectivity index (χ0) is 57.1. The van der Waals surface area contributed by atoms with Crippen molar-refractivity contribution >= 4 is 17.9 Å². The van der Waals surface area contributed by atoms with Crippen LogP contribution in [0.4, 0.5) is 0 Å². The van der Waals surface area contributed by atoms with Crippen LogP contribution in [0, 0.1) is 0 Å². The van der Waals surface area contributed by atoms with Crippen LogP contribution in [0.15, 0.2) is 109 Å². The Morgan fingerprint density at radius 1 is 0.266 bits per heavy atom. The third kappa shape index (κ3) is 64.8. The predicted octanol–water partition coefficient (Wildman–Crippen LogP) is 23.0. The van der Waals surface area contributed by atoms with Gasteiger partial charge in [-0.05, 0) is 103 Å². The Morgan fingerprint density at radius 2 is 0.494 bits per heavy atom. The molecule has 0 aromatic carbocycles. The molecule has 1 unspecified atom stereocenters. The van der Waals surface area contributed by atoms with Gasteiger partial charge in [0.05, 0.1) is 0 Å². The zero-order valence-corrected chi connectivity index (χ0v) is 51.9. The van der Waals surface area contributed by atoms with Crippen molar-refractivity contribution in [2.24, 2.45) is 0 Å². The SMILES string of the molecule is CC/C=C\C/C=C\C/C=C\C/C=C\C/C=C\CCCCCCCCCCCCCCCCCCCCCC(=O)OCC(COC(=O)CCCCCCCCC)OC(=O)CCCCCCCC/C=C\C/C=C\C/C=C\C/C=C\CC. The number of hydrogen-bond acceptors (Lipinski definition) is 6. The van der Waals surface area contributed by atoms with E-state index >= 15 is 0 Å². The highest BCUT2D eigenvalue weighted by molar-refractivity contribution is 5.71. The summed E-state index contributed by atoms with van der Waals surface area (Å²) in [5, 5.41) is 0. The minimum atomic E-state index is -0.782. The van der Waals surface area contributed by atoms with Crippen LogP contribution in [0.3, 0.4) is 0 Å². The van der Waals surface area contributed by atoms with Gasteiger partial charge in [-0.2, -0.15) is 0 Å².